The molecule has 3 fully saturated rings. The Labute approximate surface area is 284 Å². The molecule has 250 valence electrons. The monoisotopic (exact) mass is 679 g/mol. The summed E-state index contributed by atoms with van der Waals surface area (Å²) in [6, 6.07) is 13.3. The molecule has 47 heavy (non-hydrogen) atoms. The van der Waals surface area contributed by atoms with E-state index >= 15 is 0 Å². The molecule has 2 aromatic carbocycles. The van der Waals surface area contributed by atoms with Crippen molar-refractivity contribution in [3.8, 4) is 11.5 Å². The third-order valence-electron chi connectivity index (χ3n) is 10.3. The first-order valence-corrected chi connectivity index (χ1v) is 17.9. The molecule has 0 bridgehead atoms. The average Bonchev–Trinajstić information content (AvgIpc) is 3.32. The third-order valence-corrected chi connectivity index (χ3v) is 11.6. The Morgan fingerprint density at radius 3 is 2.68 bits per heavy atom. The first-order chi connectivity index (χ1) is 22.7. The minimum atomic E-state index is -0.603. The maximum Gasteiger partial charge on any atom is 0.508 e. The molecule has 2 aliphatic carbocycles. The predicted molar refractivity (Wildman–Crippen MR) is 180 cm³/mol. The number of nitrogens with one attached hydrogen (secondary N) is 1. The van der Waals surface area contributed by atoms with E-state index in [1.807, 2.05) is 48.7 Å². The fraction of sp³-hybridized carbons (Fsp3) is 0.528. The summed E-state index contributed by atoms with van der Waals surface area (Å²) in [4.78, 5) is 34.5. The standard InChI is InChI=1S/C36H42ClN3O6S/c1-21(2)25-10-8-22(3)16-29(25)46-35(42)45-24-12-15-40(19-24)32(26-6-4-5-7-27(26)37)31-18-38-34(47-31)39-33(41)36(13-14-36)23-9-11-28-30(17-23)44-20-43-28/h4-7,9,11,17-18,21-22,24-25,29,32H,8,10,12-16,19-20H2,1-3H3,(H,38,39,41)/t22-,24+,25+,29-,32-/m0/s1. The van der Waals surface area contributed by atoms with Crippen molar-refractivity contribution < 1.29 is 28.5 Å². The van der Waals surface area contributed by atoms with Crippen molar-refractivity contribution in [1.29, 1.82) is 0 Å². The maximum atomic E-state index is 13.6. The van der Waals surface area contributed by atoms with Crippen molar-refractivity contribution in [3.05, 3.63) is 69.7 Å². The van der Waals surface area contributed by atoms with Gasteiger partial charge < -0.3 is 24.3 Å². The maximum absolute atomic E-state index is 13.6. The Morgan fingerprint density at radius 2 is 1.89 bits per heavy atom. The normalized spacial score (nSPS) is 25.4. The number of fused-ring (bicyclic) bond motifs is 1. The molecular weight excluding hydrogens is 638 g/mol. The first kappa shape index (κ1) is 32.2. The highest BCUT2D eigenvalue weighted by Crippen LogP contribution is 2.51. The number of carbonyl (C=O) groups excluding carboxylic acids is 2. The molecule has 2 saturated carbocycles. The summed E-state index contributed by atoms with van der Waals surface area (Å²) in [7, 11) is 0. The molecule has 7 rings (SSSR count). The van der Waals surface area contributed by atoms with Crippen LogP contribution in [0.3, 0.4) is 0 Å². The van der Waals surface area contributed by atoms with Crippen molar-refractivity contribution in [1.82, 2.24) is 9.88 Å². The van der Waals surface area contributed by atoms with Gasteiger partial charge in [0.05, 0.1) is 11.5 Å². The minimum absolute atomic E-state index is 0.0771. The van der Waals surface area contributed by atoms with Gasteiger partial charge in [-0.25, -0.2) is 9.78 Å². The van der Waals surface area contributed by atoms with Crippen molar-refractivity contribution >= 4 is 40.1 Å². The summed E-state index contributed by atoms with van der Waals surface area (Å²) in [5.74, 6) is 2.64. The lowest BCUT2D eigenvalue weighted by atomic mass is 9.75. The van der Waals surface area contributed by atoms with Crippen LogP contribution < -0.4 is 14.8 Å². The molecule has 4 aliphatic rings. The number of rotatable bonds is 9. The van der Waals surface area contributed by atoms with E-state index in [2.05, 4.69) is 36.0 Å². The van der Waals surface area contributed by atoms with Crippen LogP contribution in [0.2, 0.25) is 5.02 Å². The van der Waals surface area contributed by atoms with Crippen molar-refractivity contribution in [2.75, 3.05) is 25.2 Å². The second kappa shape index (κ2) is 13.3. The number of benzene rings is 2. The Hall–Kier alpha value is -3.34. The van der Waals surface area contributed by atoms with Gasteiger partial charge in [0.15, 0.2) is 16.6 Å². The summed E-state index contributed by atoms with van der Waals surface area (Å²) < 4.78 is 22.9. The number of aromatic nitrogens is 1. The molecular formula is C36H42ClN3O6S. The Morgan fingerprint density at radius 1 is 1.09 bits per heavy atom. The van der Waals surface area contributed by atoms with E-state index in [0.29, 0.717) is 58.9 Å². The van der Waals surface area contributed by atoms with Crippen LogP contribution in [-0.2, 0) is 19.7 Å². The highest BCUT2D eigenvalue weighted by Gasteiger charge is 2.52. The molecule has 1 aromatic heterocycles. The summed E-state index contributed by atoms with van der Waals surface area (Å²) in [5, 5.41) is 4.27. The van der Waals surface area contributed by atoms with Crippen LogP contribution >= 0.6 is 22.9 Å². The molecule has 2 aliphatic heterocycles. The number of ether oxygens (including phenoxy) is 4. The highest BCUT2D eigenvalue weighted by atomic mass is 35.5. The van der Waals surface area contributed by atoms with Gasteiger partial charge in [0, 0.05) is 29.2 Å². The van der Waals surface area contributed by atoms with Gasteiger partial charge in [0.1, 0.15) is 12.2 Å². The first-order valence-electron chi connectivity index (χ1n) is 16.7. The number of likely N-dealkylation sites (tertiary alicyclic amines) is 1. The van der Waals surface area contributed by atoms with Gasteiger partial charge in [-0.3, -0.25) is 9.69 Å². The molecule has 0 spiro atoms. The van der Waals surface area contributed by atoms with Crippen LogP contribution in [0.15, 0.2) is 48.7 Å². The SMILES string of the molecule is CC(C)[C@H]1CC[C@H](C)C[C@@H]1OC(=O)O[C@@H]1CCN([C@H](c2cnc(NC(=O)C3(c4ccc5c(c4)OCO5)CC3)s2)c2ccccc2Cl)C1. The lowest BCUT2D eigenvalue weighted by molar-refractivity contribution is -0.118. The van der Waals surface area contributed by atoms with Gasteiger partial charge in [-0.1, -0.05) is 74.4 Å². The van der Waals surface area contributed by atoms with Crippen LogP contribution in [0.1, 0.15) is 81.3 Å². The molecule has 1 amide bonds. The third kappa shape index (κ3) is 6.69. The van der Waals surface area contributed by atoms with Gasteiger partial charge in [0.2, 0.25) is 12.7 Å². The van der Waals surface area contributed by atoms with E-state index in [0.717, 1.165) is 41.7 Å². The number of amides is 1. The Kier molecular flexibility index (Phi) is 9.11. The van der Waals surface area contributed by atoms with E-state index < -0.39 is 11.6 Å². The van der Waals surface area contributed by atoms with Crippen molar-refractivity contribution in [2.45, 2.75) is 83.0 Å². The number of nitrogens with zero attached hydrogens (tertiary/aromatic N) is 2. The molecule has 3 aromatic rings. The van der Waals surface area contributed by atoms with E-state index in [4.69, 9.17) is 30.5 Å². The van der Waals surface area contributed by atoms with Crippen LogP contribution in [0.4, 0.5) is 9.93 Å². The highest BCUT2D eigenvalue weighted by molar-refractivity contribution is 7.15. The van der Waals surface area contributed by atoms with Crippen LogP contribution in [0.25, 0.3) is 0 Å². The summed E-state index contributed by atoms with van der Waals surface area (Å²) >= 11 is 8.20. The lowest BCUT2D eigenvalue weighted by Gasteiger charge is -2.36. The van der Waals surface area contributed by atoms with Gasteiger partial charge in [-0.15, -0.1) is 0 Å². The number of hydrogen-bond donors (Lipinski definition) is 1. The molecule has 1 saturated heterocycles. The van der Waals surface area contributed by atoms with Gasteiger partial charge in [-0.2, -0.15) is 0 Å². The summed E-state index contributed by atoms with van der Waals surface area (Å²) in [6.45, 7) is 8.06. The Bertz CT molecular complexity index is 1630. The second-order valence-electron chi connectivity index (χ2n) is 13.9. The lowest BCUT2D eigenvalue weighted by Crippen LogP contribution is -2.37. The average molecular weight is 680 g/mol. The zero-order valence-corrected chi connectivity index (χ0v) is 28.6. The predicted octanol–water partition coefficient (Wildman–Crippen LogP) is 7.97. The Balaban J connectivity index is 1.04. The van der Waals surface area contributed by atoms with Crippen LogP contribution in [-0.4, -0.2) is 54.0 Å². The number of thiazole rings is 1. The second-order valence-corrected chi connectivity index (χ2v) is 15.3. The van der Waals surface area contributed by atoms with Gasteiger partial charge in [0.25, 0.3) is 0 Å². The number of halogens is 1. The number of hydrogen-bond acceptors (Lipinski definition) is 9. The zero-order chi connectivity index (χ0) is 32.7. The van der Waals surface area contributed by atoms with Crippen LogP contribution in [0.5, 0.6) is 11.5 Å². The molecule has 11 heteroatoms. The molecule has 3 heterocycles. The van der Waals surface area contributed by atoms with Crippen molar-refractivity contribution in [2.24, 2.45) is 17.8 Å². The molecule has 1 N–H and O–H groups in total. The number of carbonyl (C=O) groups is 2. The molecule has 0 radical (unpaired) electrons. The largest absolute Gasteiger partial charge is 0.508 e. The van der Waals surface area contributed by atoms with Crippen molar-refractivity contribution in [3.63, 3.8) is 0 Å². The fourth-order valence-corrected chi connectivity index (χ4v) is 8.71. The van der Waals surface area contributed by atoms with E-state index in [-0.39, 0.29) is 30.9 Å². The topological polar surface area (TPSA) is 99.2 Å². The molecule has 0 unspecified atom stereocenters. The smallest absolute Gasteiger partial charge is 0.454 e. The number of anilines is 1. The minimum Gasteiger partial charge on any atom is -0.454 e. The van der Waals surface area contributed by atoms with Gasteiger partial charge >= 0.3 is 6.16 Å². The summed E-state index contributed by atoms with van der Waals surface area (Å²) in [5.41, 5.74) is 1.26. The zero-order valence-electron chi connectivity index (χ0n) is 27.1. The molecule has 9 nitrogen and oxygen atoms in total. The van der Waals surface area contributed by atoms with E-state index in [9.17, 15) is 9.59 Å². The summed E-state index contributed by atoms with van der Waals surface area (Å²) in [6.07, 6.45) is 6.16. The quantitative estimate of drug-likeness (QED) is 0.227. The van der Waals surface area contributed by atoms with E-state index in [1.165, 1.54) is 17.8 Å². The van der Waals surface area contributed by atoms with E-state index in [1.54, 1.807) is 0 Å². The molecule has 5 atom stereocenters. The fourth-order valence-electron chi connectivity index (χ4n) is 7.50. The van der Waals surface area contributed by atoms with Crippen LogP contribution in [0, 0.1) is 17.8 Å². The van der Waals surface area contributed by atoms with Gasteiger partial charge in [-0.05, 0) is 79.2 Å².